The van der Waals surface area contributed by atoms with Crippen molar-refractivity contribution in [1.82, 2.24) is 5.32 Å². The number of nitrogens with one attached hydrogen (secondary N) is 1. The van der Waals surface area contributed by atoms with Crippen LogP contribution in [0.3, 0.4) is 0 Å². The third kappa shape index (κ3) is 3.38. The summed E-state index contributed by atoms with van der Waals surface area (Å²) in [5, 5.41) is 31.8. The third-order valence-electron chi connectivity index (χ3n) is 2.86. The Labute approximate surface area is 116 Å². The molecule has 0 saturated carbocycles. The molecule has 1 aromatic carbocycles. The van der Waals surface area contributed by atoms with Crippen LogP contribution >= 0.6 is 0 Å². The van der Waals surface area contributed by atoms with Crippen LogP contribution in [-0.2, 0) is 0 Å². The van der Waals surface area contributed by atoms with E-state index in [1.165, 1.54) is 26.4 Å². The summed E-state index contributed by atoms with van der Waals surface area (Å²) in [5.74, 6) is -0.854. The first-order valence-electron chi connectivity index (χ1n) is 5.96. The molecule has 2 atom stereocenters. The second kappa shape index (κ2) is 7.09. The van der Waals surface area contributed by atoms with Gasteiger partial charge in [-0.15, -0.1) is 0 Å². The van der Waals surface area contributed by atoms with E-state index in [1.54, 1.807) is 7.05 Å². The third-order valence-corrected chi connectivity index (χ3v) is 2.86. The Kier molecular flexibility index (Phi) is 5.75. The van der Waals surface area contributed by atoms with Crippen molar-refractivity contribution in [1.29, 1.82) is 0 Å². The molecular formula is C13H19NO6. The van der Waals surface area contributed by atoms with Gasteiger partial charge < -0.3 is 30.1 Å². The van der Waals surface area contributed by atoms with Gasteiger partial charge in [-0.2, -0.15) is 0 Å². The van der Waals surface area contributed by atoms with E-state index in [-0.39, 0.29) is 29.2 Å². The number of hydrogen-bond acceptors (Lipinski definition) is 6. The maximum atomic E-state index is 11.0. The lowest BCUT2D eigenvalue weighted by Crippen LogP contribution is -2.30. The Bertz CT molecular complexity index is 451. The topological polar surface area (TPSA) is 108 Å². The van der Waals surface area contributed by atoms with Crippen molar-refractivity contribution in [3.05, 3.63) is 23.3 Å². The summed E-state index contributed by atoms with van der Waals surface area (Å²) in [5.41, 5.74) is 0.181. The van der Waals surface area contributed by atoms with Gasteiger partial charge in [0.25, 0.3) is 0 Å². The fraction of sp³-hybridized carbons (Fsp3) is 0.462. The predicted octanol–water partition coefficient (Wildman–Crippen LogP) is 0.0157. The zero-order valence-electron chi connectivity index (χ0n) is 11.6. The number of carboxylic acid groups (broad SMARTS) is 1. The molecule has 0 aliphatic carbocycles. The minimum Gasteiger partial charge on any atom is -0.496 e. The highest BCUT2D eigenvalue weighted by molar-refractivity contribution is 5.89. The van der Waals surface area contributed by atoms with E-state index in [9.17, 15) is 15.0 Å². The van der Waals surface area contributed by atoms with Crippen molar-refractivity contribution in [2.45, 2.75) is 12.2 Å². The average Bonchev–Trinajstić information content (AvgIpc) is 2.44. The number of carboxylic acids is 1. The van der Waals surface area contributed by atoms with E-state index in [2.05, 4.69) is 5.32 Å². The number of methoxy groups -OCH3 is 2. The highest BCUT2D eigenvalue weighted by Crippen LogP contribution is 2.37. The van der Waals surface area contributed by atoms with Gasteiger partial charge in [-0.25, -0.2) is 4.79 Å². The summed E-state index contributed by atoms with van der Waals surface area (Å²) in [6.07, 6.45) is -2.35. The zero-order valence-corrected chi connectivity index (χ0v) is 11.6. The van der Waals surface area contributed by atoms with E-state index >= 15 is 0 Å². The zero-order chi connectivity index (χ0) is 15.3. The molecule has 4 N–H and O–H groups in total. The van der Waals surface area contributed by atoms with E-state index < -0.39 is 18.2 Å². The highest BCUT2D eigenvalue weighted by atomic mass is 16.5. The maximum Gasteiger partial charge on any atom is 0.335 e. The summed E-state index contributed by atoms with van der Waals surface area (Å²) in [4.78, 5) is 11.0. The number of benzene rings is 1. The minimum atomic E-state index is -1.27. The molecule has 0 aliphatic rings. The molecular weight excluding hydrogens is 266 g/mol. The number of ether oxygens (including phenoxy) is 2. The first kappa shape index (κ1) is 16.2. The van der Waals surface area contributed by atoms with Gasteiger partial charge in [0.2, 0.25) is 0 Å². The van der Waals surface area contributed by atoms with Gasteiger partial charge in [-0.3, -0.25) is 0 Å². The van der Waals surface area contributed by atoms with E-state index in [4.69, 9.17) is 14.6 Å². The number of aromatic carboxylic acids is 1. The lowest BCUT2D eigenvalue weighted by molar-refractivity contribution is 0.0174. The number of carbonyl (C=O) groups is 1. The fourth-order valence-corrected chi connectivity index (χ4v) is 1.87. The van der Waals surface area contributed by atoms with Gasteiger partial charge in [0.05, 0.1) is 31.5 Å². The van der Waals surface area contributed by atoms with Crippen LogP contribution in [0.5, 0.6) is 11.5 Å². The quantitative estimate of drug-likeness (QED) is 0.559. The second-order valence-corrected chi connectivity index (χ2v) is 4.17. The largest absolute Gasteiger partial charge is 0.496 e. The van der Waals surface area contributed by atoms with Crippen LogP contribution in [0.25, 0.3) is 0 Å². The Hall–Kier alpha value is -1.83. The van der Waals surface area contributed by atoms with Crippen LogP contribution in [0.2, 0.25) is 0 Å². The predicted molar refractivity (Wildman–Crippen MR) is 71.4 cm³/mol. The van der Waals surface area contributed by atoms with Crippen molar-refractivity contribution in [3.63, 3.8) is 0 Å². The molecule has 2 unspecified atom stereocenters. The molecule has 0 amide bonds. The SMILES string of the molecule is CNCC(O)C(O)c1c(OC)cc(C(=O)O)cc1OC. The van der Waals surface area contributed by atoms with Crippen LogP contribution in [-0.4, -0.2) is 55.2 Å². The summed E-state index contributed by atoms with van der Waals surface area (Å²) in [6, 6.07) is 2.55. The Morgan fingerprint density at radius 2 is 1.75 bits per heavy atom. The summed E-state index contributed by atoms with van der Waals surface area (Å²) in [6.45, 7) is 0.161. The Morgan fingerprint density at radius 3 is 2.10 bits per heavy atom. The van der Waals surface area contributed by atoms with Crippen LogP contribution < -0.4 is 14.8 Å². The van der Waals surface area contributed by atoms with Gasteiger partial charge in [0.1, 0.15) is 17.6 Å². The van der Waals surface area contributed by atoms with Crippen molar-refractivity contribution in [2.24, 2.45) is 0 Å². The molecule has 20 heavy (non-hydrogen) atoms. The molecule has 7 nitrogen and oxygen atoms in total. The van der Waals surface area contributed by atoms with Crippen LogP contribution in [0.4, 0.5) is 0 Å². The monoisotopic (exact) mass is 285 g/mol. The van der Waals surface area contributed by atoms with E-state index in [0.717, 1.165) is 0 Å². The molecule has 112 valence electrons. The Balaban J connectivity index is 3.32. The van der Waals surface area contributed by atoms with Gasteiger partial charge in [-0.1, -0.05) is 0 Å². The first-order valence-corrected chi connectivity index (χ1v) is 5.96. The summed E-state index contributed by atoms with van der Waals surface area (Å²) >= 11 is 0. The maximum absolute atomic E-state index is 11.0. The molecule has 0 fully saturated rings. The van der Waals surface area contributed by atoms with Crippen molar-refractivity contribution < 1.29 is 29.6 Å². The van der Waals surface area contributed by atoms with Crippen molar-refractivity contribution >= 4 is 5.97 Å². The van der Waals surface area contributed by atoms with Gasteiger partial charge >= 0.3 is 5.97 Å². The number of likely N-dealkylation sites (N-methyl/N-ethyl adjacent to an activating group) is 1. The Morgan fingerprint density at radius 1 is 1.25 bits per heavy atom. The van der Waals surface area contributed by atoms with Crippen LogP contribution in [0, 0.1) is 0 Å². The van der Waals surface area contributed by atoms with Crippen molar-refractivity contribution in [3.8, 4) is 11.5 Å². The summed E-state index contributed by atoms with van der Waals surface area (Å²) < 4.78 is 10.2. The lowest BCUT2D eigenvalue weighted by Gasteiger charge is -2.22. The number of hydrogen-bond donors (Lipinski definition) is 4. The molecule has 0 bridgehead atoms. The average molecular weight is 285 g/mol. The minimum absolute atomic E-state index is 0.0299. The molecule has 0 heterocycles. The van der Waals surface area contributed by atoms with Crippen LogP contribution in [0.1, 0.15) is 22.0 Å². The highest BCUT2D eigenvalue weighted by Gasteiger charge is 2.26. The van der Waals surface area contributed by atoms with Gasteiger partial charge in [-0.05, 0) is 19.2 Å². The normalized spacial score (nSPS) is 13.7. The molecule has 1 aromatic rings. The van der Waals surface area contributed by atoms with Crippen LogP contribution in [0.15, 0.2) is 12.1 Å². The van der Waals surface area contributed by atoms with E-state index in [1.807, 2.05) is 0 Å². The molecule has 0 radical (unpaired) electrons. The molecule has 7 heteroatoms. The smallest absolute Gasteiger partial charge is 0.335 e. The molecule has 1 rings (SSSR count). The molecule has 0 aromatic heterocycles. The standard InChI is InChI=1S/C13H19NO6/c1-14-6-8(15)12(16)11-9(19-2)4-7(13(17)18)5-10(11)20-3/h4-5,8,12,14-16H,6H2,1-3H3,(H,17,18). The lowest BCUT2D eigenvalue weighted by atomic mass is 9.99. The van der Waals surface area contributed by atoms with Crippen molar-refractivity contribution in [2.75, 3.05) is 27.8 Å². The van der Waals surface area contributed by atoms with Gasteiger partial charge in [0.15, 0.2) is 0 Å². The number of aliphatic hydroxyl groups excluding tert-OH is 2. The second-order valence-electron chi connectivity index (χ2n) is 4.17. The fourth-order valence-electron chi connectivity index (χ4n) is 1.87. The van der Waals surface area contributed by atoms with E-state index in [0.29, 0.717) is 0 Å². The molecule has 0 saturated heterocycles. The first-order chi connectivity index (χ1) is 9.46. The number of rotatable bonds is 7. The van der Waals surface area contributed by atoms with Gasteiger partial charge in [0, 0.05) is 6.54 Å². The molecule has 0 aliphatic heterocycles. The number of aliphatic hydroxyl groups is 2. The molecule has 0 spiro atoms. The summed E-state index contributed by atoms with van der Waals surface area (Å²) in [7, 11) is 4.33.